The normalized spacial score (nSPS) is 36.5. The topological polar surface area (TPSA) is 71.3 Å². The molecule has 1 saturated heterocycles. The van der Waals surface area contributed by atoms with E-state index in [2.05, 4.69) is 21.8 Å². The van der Waals surface area contributed by atoms with E-state index in [4.69, 9.17) is 4.99 Å². The van der Waals surface area contributed by atoms with Crippen LogP contribution in [0, 0.1) is 17.8 Å². The Morgan fingerprint density at radius 2 is 1.86 bits per heavy atom. The average molecular weight is 375 g/mol. The molecule has 144 valence electrons. The summed E-state index contributed by atoms with van der Waals surface area (Å²) in [5, 5.41) is 11.6. The molecule has 1 amide bonds. The second-order valence-electron chi connectivity index (χ2n) is 9.33. The third kappa shape index (κ3) is 2.58. The SMILES string of the molecule is Cn1ncc2cc(/C=C3\NC(=NC45CC6CC(CC(C6)C4)C5)NC3=O)ccc21. The van der Waals surface area contributed by atoms with Crippen molar-refractivity contribution in [1.29, 1.82) is 0 Å². The lowest BCUT2D eigenvalue weighted by atomic mass is 9.53. The van der Waals surface area contributed by atoms with Gasteiger partial charge in [-0.25, -0.2) is 4.99 Å². The van der Waals surface area contributed by atoms with Crippen LogP contribution >= 0.6 is 0 Å². The minimum Gasteiger partial charge on any atom is -0.321 e. The number of fused-ring (bicyclic) bond motifs is 1. The second kappa shape index (κ2) is 5.69. The minimum atomic E-state index is -0.102. The molecule has 0 unspecified atom stereocenters. The molecule has 0 spiro atoms. The lowest BCUT2D eigenvalue weighted by molar-refractivity contribution is -0.115. The number of aryl methyl sites for hydroxylation is 1. The molecule has 4 aliphatic carbocycles. The highest BCUT2D eigenvalue weighted by atomic mass is 16.2. The van der Waals surface area contributed by atoms with Crippen molar-refractivity contribution in [3.8, 4) is 0 Å². The van der Waals surface area contributed by atoms with Gasteiger partial charge in [-0.1, -0.05) is 6.07 Å². The number of guanidine groups is 1. The molecule has 5 aliphatic rings. The Bertz CT molecular complexity index is 1010. The highest BCUT2D eigenvalue weighted by Crippen LogP contribution is 2.57. The average Bonchev–Trinajstić information content (AvgIpc) is 3.16. The van der Waals surface area contributed by atoms with Crippen LogP contribution in [0.15, 0.2) is 35.1 Å². The molecule has 2 aromatic rings. The van der Waals surface area contributed by atoms with Crippen molar-refractivity contribution in [2.45, 2.75) is 44.1 Å². The number of hydrogen-bond acceptors (Lipinski definition) is 3. The van der Waals surface area contributed by atoms with Crippen molar-refractivity contribution in [3.63, 3.8) is 0 Å². The van der Waals surface area contributed by atoms with Crippen LogP contribution in [0.3, 0.4) is 0 Å². The highest BCUT2D eigenvalue weighted by Gasteiger charge is 2.51. The summed E-state index contributed by atoms with van der Waals surface area (Å²) in [6.07, 6.45) is 11.5. The predicted molar refractivity (Wildman–Crippen MR) is 108 cm³/mol. The Morgan fingerprint density at radius 3 is 2.57 bits per heavy atom. The zero-order chi connectivity index (χ0) is 18.9. The van der Waals surface area contributed by atoms with Gasteiger partial charge in [-0.3, -0.25) is 14.8 Å². The molecule has 5 fully saturated rings. The Balaban J connectivity index is 1.27. The molecule has 0 atom stereocenters. The fraction of sp³-hybridized carbons (Fsp3) is 0.500. The first kappa shape index (κ1) is 16.3. The number of carbonyl (C=O) groups is 1. The molecule has 28 heavy (non-hydrogen) atoms. The van der Waals surface area contributed by atoms with E-state index < -0.39 is 0 Å². The quantitative estimate of drug-likeness (QED) is 0.793. The molecule has 2 heterocycles. The fourth-order valence-electron chi connectivity index (χ4n) is 6.43. The Labute approximate surface area is 164 Å². The minimum absolute atomic E-state index is 0.0500. The first-order valence-corrected chi connectivity index (χ1v) is 10.4. The number of benzene rings is 1. The van der Waals surface area contributed by atoms with Crippen LogP contribution in [-0.4, -0.2) is 27.2 Å². The standard InChI is InChI=1S/C22H25N5O/c1-27-19-3-2-13(7-17(19)12-23-27)8-18-20(28)25-21(24-18)26-22-9-14-4-15(10-22)6-16(5-14)11-22/h2-3,7-8,12,14-16H,4-6,9-11H2,1H3,(H2,24,25,26,28)/b18-8-. The summed E-state index contributed by atoms with van der Waals surface area (Å²) in [7, 11) is 1.93. The van der Waals surface area contributed by atoms with Gasteiger partial charge in [0.25, 0.3) is 5.91 Å². The maximum absolute atomic E-state index is 12.5. The van der Waals surface area contributed by atoms with Crippen molar-refractivity contribution in [2.75, 3.05) is 0 Å². The summed E-state index contributed by atoms with van der Waals surface area (Å²) in [4.78, 5) is 17.6. The third-order valence-electron chi connectivity index (χ3n) is 7.17. The lowest BCUT2D eigenvalue weighted by Crippen LogP contribution is -2.50. The molecule has 0 radical (unpaired) electrons. The summed E-state index contributed by atoms with van der Waals surface area (Å²) in [6, 6.07) is 6.10. The predicted octanol–water partition coefficient (Wildman–Crippen LogP) is 2.96. The zero-order valence-corrected chi connectivity index (χ0v) is 16.1. The number of amides is 1. The van der Waals surface area contributed by atoms with E-state index in [1.54, 1.807) is 0 Å². The molecule has 1 aliphatic heterocycles. The fourth-order valence-corrected chi connectivity index (χ4v) is 6.43. The van der Waals surface area contributed by atoms with Gasteiger partial charge in [0.2, 0.25) is 5.96 Å². The molecule has 6 nitrogen and oxygen atoms in total. The Hall–Kier alpha value is -2.63. The molecule has 2 N–H and O–H groups in total. The van der Waals surface area contributed by atoms with Crippen molar-refractivity contribution in [2.24, 2.45) is 29.8 Å². The lowest BCUT2D eigenvalue weighted by Gasteiger charge is -2.54. The van der Waals surface area contributed by atoms with Crippen LogP contribution in [0.5, 0.6) is 0 Å². The van der Waals surface area contributed by atoms with Crippen molar-refractivity contribution >= 4 is 28.8 Å². The molecule has 1 aromatic heterocycles. The third-order valence-corrected chi connectivity index (χ3v) is 7.17. The van der Waals surface area contributed by atoms with Crippen molar-refractivity contribution in [1.82, 2.24) is 20.4 Å². The Morgan fingerprint density at radius 1 is 1.14 bits per heavy atom. The number of hydrogen-bond donors (Lipinski definition) is 2. The van der Waals surface area contributed by atoms with Gasteiger partial charge in [0.1, 0.15) is 5.70 Å². The van der Waals surface area contributed by atoms with E-state index in [1.165, 1.54) is 38.5 Å². The number of nitrogens with zero attached hydrogens (tertiary/aromatic N) is 3. The second-order valence-corrected chi connectivity index (χ2v) is 9.33. The smallest absolute Gasteiger partial charge is 0.274 e. The van der Waals surface area contributed by atoms with Gasteiger partial charge in [-0.15, -0.1) is 0 Å². The summed E-state index contributed by atoms with van der Waals surface area (Å²) in [5.74, 6) is 3.06. The van der Waals surface area contributed by atoms with Crippen LogP contribution in [0.4, 0.5) is 0 Å². The van der Waals surface area contributed by atoms with E-state index in [0.717, 1.165) is 34.2 Å². The summed E-state index contributed by atoms with van der Waals surface area (Å²) in [5.41, 5.74) is 2.67. The van der Waals surface area contributed by atoms with Crippen LogP contribution in [0.1, 0.15) is 44.1 Å². The van der Waals surface area contributed by atoms with Gasteiger partial charge in [0.05, 0.1) is 17.3 Å². The van der Waals surface area contributed by atoms with Gasteiger partial charge in [-0.05, 0) is 80.1 Å². The largest absolute Gasteiger partial charge is 0.321 e. The van der Waals surface area contributed by atoms with E-state index >= 15 is 0 Å². The molecule has 6 heteroatoms. The van der Waals surface area contributed by atoms with Gasteiger partial charge >= 0.3 is 0 Å². The van der Waals surface area contributed by atoms with Crippen LogP contribution in [0.2, 0.25) is 0 Å². The van der Waals surface area contributed by atoms with Crippen LogP contribution < -0.4 is 10.6 Å². The molecule has 4 saturated carbocycles. The molecule has 1 aromatic carbocycles. The maximum Gasteiger partial charge on any atom is 0.274 e. The van der Waals surface area contributed by atoms with Gasteiger partial charge in [0.15, 0.2) is 0 Å². The first-order valence-electron chi connectivity index (χ1n) is 10.4. The van der Waals surface area contributed by atoms with E-state index in [0.29, 0.717) is 11.7 Å². The van der Waals surface area contributed by atoms with E-state index in [1.807, 2.05) is 36.1 Å². The number of carbonyl (C=O) groups excluding carboxylic acids is 1. The van der Waals surface area contributed by atoms with Gasteiger partial charge in [0, 0.05) is 12.4 Å². The van der Waals surface area contributed by atoms with Crippen molar-refractivity contribution in [3.05, 3.63) is 35.7 Å². The van der Waals surface area contributed by atoms with Gasteiger partial charge in [-0.2, -0.15) is 5.10 Å². The van der Waals surface area contributed by atoms with E-state index in [-0.39, 0.29) is 11.4 Å². The van der Waals surface area contributed by atoms with Crippen LogP contribution in [0.25, 0.3) is 17.0 Å². The summed E-state index contributed by atoms with van der Waals surface area (Å²) >= 11 is 0. The number of aromatic nitrogens is 2. The summed E-state index contributed by atoms with van der Waals surface area (Å²) in [6.45, 7) is 0. The Kier molecular flexibility index (Phi) is 3.32. The molecular formula is C22H25N5O. The first-order chi connectivity index (χ1) is 13.6. The summed E-state index contributed by atoms with van der Waals surface area (Å²) < 4.78 is 1.85. The van der Waals surface area contributed by atoms with Crippen molar-refractivity contribution < 1.29 is 4.79 Å². The van der Waals surface area contributed by atoms with Crippen LogP contribution in [-0.2, 0) is 11.8 Å². The van der Waals surface area contributed by atoms with E-state index in [9.17, 15) is 4.79 Å². The monoisotopic (exact) mass is 375 g/mol. The van der Waals surface area contributed by atoms with Gasteiger partial charge < -0.3 is 5.32 Å². The molecular weight excluding hydrogens is 350 g/mol. The number of aliphatic imine (C=N–C) groups is 1. The maximum atomic E-state index is 12.5. The molecule has 7 rings (SSSR count). The zero-order valence-electron chi connectivity index (χ0n) is 16.1. The number of rotatable bonds is 2. The highest BCUT2D eigenvalue weighted by molar-refractivity contribution is 6.15. The molecule has 4 bridgehead atoms. The number of nitrogens with one attached hydrogen (secondary N) is 2.